The summed E-state index contributed by atoms with van der Waals surface area (Å²) in [7, 11) is 1.39. The molecule has 4 N–H and O–H groups in total. The number of nitrogens with one attached hydrogen (secondary N) is 3. The van der Waals surface area contributed by atoms with Gasteiger partial charge in [0.05, 0.1) is 36.0 Å². The van der Waals surface area contributed by atoms with Crippen LogP contribution in [-0.2, 0) is 4.79 Å². The number of carboxylic acid groups (broad SMARTS) is 1. The minimum Gasteiger partial charge on any atom is -0.494 e. The van der Waals surface area contributed by atoms with E-state index >= 15 is 0 Å². The Morgan fingerprint density at radius 2 is 2.27 bits per heavy atom. The Hall–Kier alpha value is -3.23. The Labute approximate surface area is 124 Å². The molecule has 0 saturated heterocycles. The van der Waals surface area contributed by atoms with Gasteiger partial charge in [0.1, 0.15) is 5.75 Å². The van der Waals surface area contributed by atoms with Crippen LogP contribution in [0.25, 0.3) is 10.9 Å². The average Bonchev–Trinajstić information content (AvgIpc) is 2.91. The van der Waals surface area contributed by atoms with Crippen molar-refractivity contribution in [2.75, 3.05) is 12.5 Å². The van der Waals surface area contributed by atoms with E-state index in [0.717, 1.165) is 0 Å². The Balaban J connectivity index is 2.56. The van der Waals surface area contributed by atoms with E-state index < -0.39 is 11.8 Å². The molecule has 0 amide bonds. The number of aromatic nitrogens is 2. The van der Waals surface area contributed by atoms with Crippen LogP contribution in [0.3, 0.4) is 0 Å². The summed E-state index contributed by atoms with van der Waals surface area (Å²) in [5, 5.41) is 20.2. The van der Waals surface area contributed by atoms with Gasteiger partial charge in [-0.15, -0.1) is 0 Å². The largest absolute Gasteiger partial charge is 0.494 e. The summed E-state index contributed by atoms with van der Waals surface area (Å²) in [6, 6.07) is 0. The molecule has 0 aliphatic carbocycles. The number of carbonyl (C=O) groups excluding carboxylic acids is 1. The second-order valence-electron chi connectivity index (χ2n) is 4.31. The number of nitrogens with zero attached hydrogens (tertiary/aromatic N) is 2. The van der Waals surface area contributed by atoms with Crippen molar-refractivity contribution in [3.8, 4) is 5.75 Å². The predicted octanol–water partition coefficient (Wildman–Crippen LogP) is 1.28. The fourth-order valence-corrected chi connectivity index (χ4v) is 1.84. The van der Waals surface area contributed by atoms with Gasteiger partial charge in [-0.05, 0) is 6.92 Å². The minimum absolute atomic E-state index is 0.0305. The maximum absolute atomic E-state index is 11.7. The van der Waals surface area contributed by atoms with Crippen molar-refractivity contribution in [2.45, 2.75) is 6.92 Å². The fraction of sp³-hybridized carbons (Fsp3) is 0.154. The highest BCUT2D eigenvalue weighted by Crippen LogP contribution is 2.32. The fourth-order valence-electron chi connectivity index (χ4n) is 1.84. The topological polar surface area (TPSA) is 141 Å². The summed E-state index contributed by atoms with van der Waals surface area (Å²) < 4.78 is 5.13. The molecule has 0 spiro atoms. The predicted molar refractivity (Wildman–Crippen MR) is 80.1 cm³/mol. The number of carbonyl (C=O) groups is 2. The number of H-pyrrole nitrogens is 1. The third kappa shape index (κ3) is 2.77. The lowest BCUT2D eigenvalue weighted by Gasteiger charge is -2.06. The molecular formula is C13H13N5O4. The molecule has 0 atom stereocenters. The van der Waals surface area contributed by atoms with Crippen LogP contribution >= 0.6 is 0 Å². The third-order valence-corrected chi connectivity index (χ3v) is 2.76. The van der Waals surface area contributed by atoms with Crippen LogP contribution in [0.5, 0.6) is 5.75 Å². The first-order valence-corrected chi connectivity index (χ1v) is 6.11. The van der Waals surface area contributed by atoms with E-state index in [2.05, 4.69) is 20.5 Å². The van der Waals surface area contributed by atoms with Crippen molar-refractivity contribution in [1.29, 1.82) is 5.41 Å². The minimum atomic E-state index is -1.56. The van der Waals surface area contributed by atoms with Crippen LogP contribution in [-0.4, -0.2) is 45.9 Å². The summed E-state index contributed by atoms with van der Waals surface area (Å²) >= 11 is 0. The van der Waals surface area contributed by atoms with Gasteiger partial charge in [-0.2, -0.15) is 5.10 Å². The number of ether oxygens (including phenoxy) is 1. The van der Waals surface area contributed by atoms with Crippen LogP contribution in [0.4, 0.5) is 5.82 Å². The van der Waals surface area contributed by atoms with Crippen molar-refractivity contribution in [3.63, 3.8) is 0 Å². The summed E-state index contributed by atoms with van der Waals surface area (Å²) in [6.45, 7) is 1.56. The molecule has 114 valence electrons. The first kappa shape index (κ1) is 15.2. The quantitative estimate of drug-likeness (QED) is 0.274. The van der Waals surface area contributed by atoms with Crippen molar-refractivity contribution in [2.24, 2.45) is 5.10 Å². The van der Waals surface area contributed by atoms with Gasteiger partial charge >= 0.3 is 5.97 Å². The molecule has 0 aliphatic rings. The molecule has 2 rings (SSSR count). The zero-order valence-corrected chi connectivity index (χ0v) is 11.8. The number of ketones is 1. The third-order valence-electron chi connectivity index (χ3n) is 2.76. The lowest BCUT2D eigenvalue weighted by atomic mass is 10.1. The average molecular weight is 303 g/mol. The van der Waals surface area contributed by atoms with Crippen molar-refractivity contribution < 1.29 is 19.4 Å². The van der Waals surface area contributed by atoms with Crippen LogP contribution in [0.1, 0.15) is 17.3 Å². The maximum atomic E-state index is 11.7. The number of hydrazone groups is 1. The van der Waals surface area contributed by atoms with Crippen molar-refractivity contribution in [1.82, 2.24) is 9.97 Å². The number of pyridine rings is 1. The number of hydrogen-bond donors (Lipinski definition) is 4. The molecule has 0 radical (unpaired) electrons. The standard InChI is InChI=1S/C13H13N5O4/c1-6(14)3-17-18-12-10-9(8(22-2)5-16-12)7(4-15-10)11(19)13(20)21/h3-5,14-15H,1-2H3,(H,16,18)(H,20,21)/b14-6?,17-3-. The van der Waals surface area contributed by atoms with Gasteiger partial charge in [0.25, 0.3) is 5.78 Å². The van der Waals surface area contributed by atoms with E-state index in [1.54, 1.807) is 6.92 Å². The van der Waals surface area contributed by atoms with E-state index in [0.29, 0.717) is 10.9 Å². The number of aromatic amines is 1. The first-order valence-electron chi connectivity index (χ1n) is 6.11. The lowest BCUT2D eigenvalue weighted by Crippen LogP contribution is -2.12. The molecule has 0 saturated carbocycles. The van der Waals surface area contributed by atoms with Gasteiger partial charge in [-0.1, -0.05) is 0 Å². The first-order chi connectivity index (χ1) is 10.5. The summed E-state index contributed by atoms with van der Waals surface area (Å²) in [5.74, 6) is -2.08. The van der Waals surface area contributed by atoms with E-state index in [1.807, 2.05) is 0 Å². The maximum Gasteiger partial charge on any atom is 0.377 e. The van der Waals surface area contributed by atoms with Gasteiger partial charge in [0.15, 0.2) is 5.82 Å². The molecule has 9 heteroatoms. The SMILES string of the molecule is COc1cnc(N/N=C\C(C)=N)c2[nH]cc(C(=O)C(=O)O)c12. The van der Waals surface area contributed by atoms with E-state index in [-0.39, 0.29) is 22.8 Å². The number of hydrogen-bond acceptors (Lipinski definition) is 7. The molecule has 9 nitrogen and oxygen atoms in total. The monoisotopic (exact) mass is 303 g/mol. The summed E-state index contributed by atoms with van der Waals surface area (Å²) in [5.41, 5.74) is 3.21. The number of methoxy groups -OCH3 is 1. The number of carboxylic acids is 1. The summed E-state index contributed by atoms with van der Waals surface area (Å²) in [4.78, 5) is 29.5. The molecule has 22 heavy (non-hydrogen) atoms. The molecule has 2 heterocycles. The molecule has 2 aromatic heterocycles. The Kier molecular flexibility index (Phi) is 4.16. The number of fused-ring (bicyclic) bond motifs is 1. The Morgan fingerprint density at radius 3 is 2.86 bits per heavy atom. The van der Waals surface area contributed by atoms with E-state index in [1.165, 1.54) is 25.7 Å². The van der Waals surface area contributed by atoms with Gasteiger partial charge in [-0.3, -0.25) is 10.2 Å². The number of Topliss-reactive ketones (excluding diaryl/α,β-unsaturated/α-hetero) is 1. The van der Waals surface area contributed by atoms with Crippen LogP contribution in [0, 0.1) is 5.41 Å². The summed E-state index contributed by atoms with van der Waals surface area (Å²) in [6.07, 6.45) is 3.91. The highest BCUT2D eigenvalue weighted by molar-refractivity contribution is 6.42. The molecule has 0 aliphatic heterocycles. The normalized spacial score (nSPS) is 10.8. The molecule has 0 aromatic carbocycles. The molecular weight excluding hydrogens is 290 g/mol. The van der Waals surface area contributed by atoms with Gasteiger partial charge in [-0.25, -0.2) is 9.78 Å². The van der Waals surface area contributed by atoms with E-state index in [4.69, 9.17) is 15.3 Å². The molecule has 0 bridgehead atoms. The lowest BCUT2D eigenvalue weighted by molar-refractivity contribution is -0.131. The number of rotatable bonds is 6. The van der Waals surface area contributed by atoms with Gasteiger partial charge in [0.2, 0.25) is 0 Å². The zero-order valence-electron chi connectivity index (χ0n) is 11.8. The molecule has 0 fully saturated rings. The number of anilines is 1. The highest BCUT2D eigenvalue weighted by Gasteiger charge is 2.23. The van der Waals surface area contributed by atoms with Gasteiger partial charge < -0.3 is 20.2 Å². The van der Waals surface area contributed by atoms with Crippen molar-refractivity contribution >= 4 is 40.4 Å². The van der Waals surface area contributed by atoms with Crippen molar-refractivity contribution in [3.05, 3.63) is 18.0 Å². The Morgan fingerprint density at radius 1 is 1.55 bits per heavy atom. The number of aliphatic carboxylic acids is 1. The second-order valence-corrected chi connectivity index (χ2v) is 4.31. The molecule has 0 unspecified atom stereocenters. The van der Waals surface area contributed by atoms with Gasteiger partial charge in [0, 0.05) is 11.9 Å². The second kappa shape index (κ2) is 6.04. The Bertz CT molecular complexity index is 793. The smallest absolute Gasteiger partial charge is 0.377 e. The van der Waals surface area contributed by atoms with Crippen LogP contribution < -0.4 is 10.2 Å². The van der Waals surface area contributed by atoms with Crippen LogP contribution in [0.2, 0.25) is 0 Å². The van der Waals surface area contributed by atoms with Crippen LogP contribution in [0.15, 0.2) is 17.5 Å². The zero-order chi connectivity index (χ0) is 16.3. The molecule has 2 aromatic rings. The van der Waals surface area contributed by atoms with E-state index in [9.17, 15) is 9.59 Å². The highest BCUT2D eigenvalue weighted by atomic mass is 16.5.